The fourth-order valence-corrected chi connectivity index (χ4v) is 5.94. The fourth-order valence-electron chi connectivity index (χ4n) is 5.94. The van der Waals surface area contributed by atoms with Gasteiger partial charge in [-0.3, -0.25) is 4.90 Å². The van der Waals surface area contributed by atoms with Crippen molar-refractivity contribution in [1.29, 1.82) is 0 Å². The van der Waals surface area contributed by atoms with Gasteiger partial charge in [-0.25, -0.2) is 14.2 Å². The number of methoxy groups -OCH3 is 1. The van der Waals surface area contributed by atoms with Crippen molar-refractivity contribution in [3.63, 3.8) is 0 Å². The molecule has 1 aromatic heterocycles. The summed E-state index contributed by atoms with van der Waals surface area (Å²) in [5.41, 5.74) is 3.98. The number of fused-ring (bicyclic) bond motifs is 1. The molecule has 0 amide bonds. The Bertz CT molecular complexity index is 1090. The Hall–Kier alpha value is -2.55. The number of aryl methyl sites for hydroxylation is 2. The number of hydrogen-bond acceptors (Lipinski definition) is 7. The van der Waals surface area contributed by atoms with Crippen LogP contribution in [-0.2, 0) is 31.8 Å². The van der Waals surface area contributed by atoms with Crippen LogP contribution in [0.5, 0.6) is 0 Å². The molecule has 2 saturated heterocycles. The number of anilines is 1. The lowest BCUT2D eigenvalue weighted by Gasteiger charge is -2.31. The lowest BCUT2D eigenvalue weighted by atomic mass is 9.92. The molecule has 7 nitrogen and oxygen atoms in total. The van der Waals surface area contributed by atoms with E-state index in [1.54, 1.807) is 6.07 Å². The molecule has 0 aliphatic carbocycles. The molecule has 8 heteroatoms. The van der Waals surface area contributed by atoms with Crippen LogP contribution in [0.4, 0.5) is 10.2 Å². The van der Waals surface area contributed by atoms with E-state index >= 15 is 0 Å². The zero-order valence-corrected chi connectivity index (χ0v) is 22.4. The Morgan fingerprint density at radius 3 is 2.97 bits per heavy atom. The van der Waals surface area contributed by atoms with E-state index in [9.17, 15) is 9.18 Å². The van der Waals surface area contributed by atoms with Gasteiger partial charge in [0.15, 0.2) is 0 Å². The molecule has 3 aliphatic heterocycles. The zero-order chi connectivity index (χ0) is 26.3. The summed E-state index contributed by atoms with van der Waals surface area (Å²) in [6.45, 7) is 3.66. The second kappa shape index (κ2) is 13.0. The topological polar surface area (TPSA) is 72.9 Å². The van der Waals surface area contributed by atoms with Gasteiger partial charge in [-0.1, -0.05) is 12.1 Å². The minimum atomic E-state index is -0.673. The highest BCUT2D eigenvalue weighted by atomic mass is 19.1. The molecule has 1 N–H and O–H groups in total. The van der Waals surface area contributed by atoms with E-state index < -0.39 is 6.04 Å². The van der Waals surface area contributed by atoms with Crippen LogP contribution in [0.25, 0.3) is 0 Å². The van der Waals surface area contributed by atoms with E-state index in [2.05, 4.69) is 22.3 Å². The maximum absolute atomic E-state index is 14.4. The average molecular weight is 526 g/mol. The molecule has 1 unspecified atom stereocenters. The molecule has 0 radical (unpaired) electrons. The van der Waals surface area contributed by atoms with Crippen LogP contribution in [0.1, 0.15) is 79.5 Å². The van der Waals surface area contributed by atoms with Gasteiger partial charge in [0, 0.05) is 38.5 Å². The lowest BCUT2D eigenvalue weighted by molar-refractivity contribution is -0.147. The van der Waals surface area contributed by atoms with Crippen molar-refractivity contribution in [1.82, 2.24) is 9.88 Å². The number of carbonyl (C=O) groups excluding carboxylic acids is 1. The highest BCUT2D eigenvalue weighted by molar-refractivity contribution is 5.78. The number of nitrogens with zero attached hydrogens (tertiary/aromatic N) is 2. The van der Waals surface area contributed by atoms with Gasteiger partial charge in [0.25, 0.3) is 0 Å². The summed E-state index contributed by atoms with van der Waals surface area (Å²) in [5, 5.41) is 3.40. The second-order valence-electron chi connectivity index (χ2n) is 10.6. The summed E-state index contributed by atoms with van der Waals surface area (Å²) in [4.78, 5) is 19.8. The largest absolute Gasteiger partial charge is 0.468 e. The number of ether oxygens (including phenoxy) is 3. The molecule has 0 saturated carbocycles. The summed E-state index contributed by atoms with van der Waals surface area (Å²) in [6.07, 6.45) is 8.88. The van der Waals surface area contributed by atoms with Gasteiger partial charge in [0.2, 0.25) is 0 Å². The minimum Gasteiger partial charge on any atom is -0.468 e. The molecule has 1 aromatic carbocycles. The van der Waals surface area contributed by atoms with Crippen LogP contribution in [0.3, 0.4) is 0 Å². The number of pyridine rings is 1. The number of halogens is 1. The minimum absolute atomic E-state index is 0.0381. The van der Waals surface area contributed by atoms with Crippen molar-refractivity contribution in [3.8, 4) is 0 Å². The van der Waals surface area contributed by atoms with Crippen LogP contribution in [0.15, 0.2) is 30.3 Å². The van der Waals surface area contributed by atoms with E-state index in [-0.39, 0.29) is 24.0 Å². The van der Waals surface area contributed by atoms with Gasteiger partial charge < -0.3 is 19.5 Å². The summed E-state index contributed by atoms with van der Waals surface area (Å²) >= 11 is 0. The lowest BCUT2D eigenvalue weighted by Crippen LogP contribution is -2.35. The van der Waals surface area contributed by atoms with Crippen molar-refractivity contribution in [2.75, 3.05) is 45.3 Å². The monoisotopic (exact) mass is 525 g/mol. The fraction of sp³-hybridized carbons (Fsp3) is 0.600. The molecule has 3 aliphatic rings. The van der Waals surface area contributed by atoms with Crippen molar-refractivity contribution in [3.05, 3.63) is 58.5 Å². The number of esters is 1. The van der Waals surface area contributed by atoms with E-state index in [4.69, 9.17) is 19.2 Å². The normalized spacial score (nSPS) is 22.5. The molecule has 5 rings (SSSR count). The number of unbranched alkanes of at least 4 members (excludes halogenated alkanes) is 1. The van der Waals surface area contributed by atoms with Crippen molar-refractivity contribution < 1.29 is 23.4 Å². The van der Waals surface area contributed by atoms with Crippen molar-refractivity contribution >= 4 is 11.8 Å². The third-order valence-corrected chi connectivity index (χ3v) is 7.97. The first-order valence-electron chi connectivity index (χ1n) is 14.2. The summed E-state index contributed by atoms with van der Waals surface area (Å²) in [5.74, 6) is 0.317. The van der Waals surface area contributed by atoms with Crippen LogP contribution in [0.2, 0.25) is 0 Å². The summed E-state index contributed by atoms with van der Waals surface area (Å²) < 4.78 is 31.8. The Labute approximate surface area is 225 Å². The molecular formula is C30H40FN3O4. The molecule has 0 bridgehead atoms. The highest BCUT2D eigenvalue weighted by Crippen LogP contribution is 2.37. The number of hydrogen-bond donors (Lipinski definition) is 1. The van der Waals surface area contributed by atoms with E-state index in [0.29, 0.717) is 31.9 Å². The Kier molecular flexibility index (Phi) is 9.25. The van der Waals surface area contributed by atoms with Crippen molar-refractivity contribution in [2.45, 2.75) is 76.0 Å². The molecule has 3 atom stereocenters. The van der Waals surface area contributed by atoms with E-state index in [1.807, 2.05) is 0 Å². The van der Waals surface area contributed by atoms with Gasteiger partial charge in [0.1, 0.15) is 17.7 Å². The van der Waals surface area contributed by atoms with E-state index in [0.717, 1.165) is 75.0 Å². The molecule has 2 aromatic rings. The number of carbonyl (C=O) groups is 1. The summed E-state index contributed by atoms with van der Waals surface area (Å²) in [7, 11) is 1.39. The predicted octanol–water partition coefficient (Wildman–Crippen LogP) is 5.15. The average Bonchev–Trinajstić information content (AvgIpc) is 3.41. The van der Waals surface area contributed by atoms with Gasteiger partial charge in [0.05, 0.1) is 19.3 Å². The third-order valence-electron chi connectivity index (χ3n) is 7.97. The van der Waals surface area contributed by atoms with E-state index in [1.165, 1.54) is 31.2 Å². The smallest absolute Gasteiger partial charge is 0.327 e. The molecule has 38 heavy (non-hydrogen) atoms. The Morgan fingerprint density at radius 2 is 2.13 bits per heavy atom. The number of aromatic nitrogens is 1. The number of likely N-dealkylation sites (tertiary alicyclic amines) is 1. The third kappa shape index (κ3) is 6.53. The quantitative estimate of drug-likeness (QED) is 0.340. The first-order valence-corrected chi connectivity index (χ1v) is 14.2. The molecule has 206 valence electrons. The van der Waals surface area contributed by atoms with Gasteiger partial charge >= 0.3 is 5.97 Å². The van der Waals surface area contributed by atoms with Crippen LogP contribution in [-0.4, -0.2) is 61.9 Å². The molecular weight excluding hydrogens is 485 g/mol. The first-order chi connectivity index (χ1) is 18.6. The zero-order valence-electron chi connectivity index (χ0n) is 22.4. The standard InChI is InChI=1S/C30H40FN3O4/c1-36-30(35)28(26-19-22(31)11-13-25(26)27-9-3-5-18-38-27)34-16-14-24(20-34)37-17-4-2-8-23-12-10-21-7-6-15-32-29(21)33-23/h10-13,19,24,27-28H,2-9,14-18,20H2,1H3,(H,32,33)/t24-,27-,28?/m1/s1. The predicted molar refractivity (Wildman–Crippen MR) is 144 cm³/mol. The highest BCUT2D eigenvalue weighted by Gasteiger charge is 2.37. The van der Waals surface area contributed by atoms with Gasteiger partial charge in [-0.05, 0) is 92.7 Å². The molecule has 0 spiro atoms. The Morgan fingerprint density at radius 1 is 1.21 bits per heavy atom. The first kappa shape index (κ1) is 27.0. The number of benzene rings is 1. The Balaban J connectivity index is 1.15. The van der Waals surface area contributed by atoms with Gasteiger partial charge in [-0.2, -0.15) is 0 Å². The maximum Gasteiger partial charge on any atom is 0.327 e. The number of rotatable bonds is 10. The maximum atomic E-state index is 14.4. The SMILES string of the molecule is COC(=O)C(c1cc(F)ccc1[C@H]1CCCCO1)N1CC[C@@H](OCCCCc2ccc3c(n2)NCCC3)C1. The van der Waals surface area contributed by atoms with Crippen molar-refractivity contribution in [2.24, 2.45) is 0 Å². The second-order valence-corrected chi connectivity index (χ2v) is 10.6. The van der Waals surface area contributed by atoms with Gasteiger partial charge in [-0.15, -0.1) is 0 Å². The van der Waals surface area contributed by atoms with Crippen LogP contribution in [0, 0.1) is 5.82 Å². The number of nitrogens with one attached hydrogen (secondary N) is 1. The summed E-state index contributed by atoms with van der Waals surface area (Å²) in [6, 6.07) is 8.38. The molecule has 4 heterocycles. The molecule has 2 fully saturated rings. The van der Waals surface area contributed by atoms with Crippen LogP contribution < -0.4 is 5.32 Å². The van der Waals surface area contributed by atoms with Crippen LogP contribution >= 0.6 is 0 Å².